The van der Waals surface area contributed by atoms with Crippen LogP contribution in [0.3, 0.4) is 0 Å². The number of halogens is 2. The standard InChI is InChI=1S/C15H23F2NO4/c1-5-21-12(19)11(18-13(20)22-14(2,3)4)8-6-9-10(7-8)15(9,16)17/h8-11H,5-7H2,1-4H3,(H,18,20). The van der Waals surface area contributed by atoms with Crippen molar-refractivity contribution in [2.75, 3.05) is 6.61 Å². The van der Waals surface area contributed by atoms with E-state index < -0.39 is 41.5 Å². The second-order valence-electron chi connectivity index (χ2n) is 6.99. The molecule has 1 N–H and O–H groups in total. The Kier molecular flexibility index (Phi) is 4.37. The maximum absolute atomic E-state index is 13.3. The molecule has 2 rings (SSSR count). The SMILES string of the molecule is CCOC(=O)C(NC(=O)OC(C)(C)C)C1CC2C(C1)C2(F)F. The average Bonchev–Trinajstić information content (AvgIpc) is 2.76. The Labute approximate surface area is 128 Å². The van der Waals surface area contributed by atoms with Gasteiger partial charge in [-0.05, 0) is 46.5 Å². The summed E-state index contributed by atoms with van der Waals surface area (Å²) in [5.74, 6) is -4.88. The fourth-order valence-electron chi connectivity index (χ4n) is 3.16. The van der Waals surface area contributed by atoms with Gasteiger partial charge < -0.3 is 14.8 Å². The second-order valence-corrected chi connectivity index (χ2v) is 6.99. The Morgan fingerprint density at radius 3 is 2.27 bits per heavy atom. The number of fused-ring (bicyclic) bond motifs is 1. The summed E-state index contributed by atoms with van der Waals surface area (Å²) in [6.07, 6.45) is -0.300. The van der Waals surface area contributed by atoms with Gasteiger partial charge in [0.2, 0.25) is 0 Å². The van der Waals surface area contributed by atoms with Gasteiger partial charge in [-0.3, -0.25) is 0 Å². The first kappa shape index (κ1) is 17.0. The van der Waals surface area contributed by atoms with Crippen LogP contribution in [0.5, 0.6) is 0 Å². The molecule has 7 heteroatoms. The smallest absolute Gasteiger partial charge is 0.408 e. The normalized spacial score (nSPS) is 30.2. The summed E-state index contributed by atoms with van der Waals surface area (Å²) in [6.45, 7) is 6.94. The van der Waals surface area contributed by atoms with Crippen molar-refractivity contribution in [1.29, 1.82) is 0 Å². The number of hydrogen-bond acceptors (Lipinski definition) is 4. The van der Waals surface area contributed by atoms with Gasteiger partial charge in [0.05, 0.1) is 6.61 Å². The molecule has 5 nitrogen and oxygen atoms in total. The Bertz CT molecular complexity index is 447. The third-order valence-electron chi connectivity index (χ3n) is 4.16. The van der Waals surface area contributed by atoms with E-state index in [4.69, 9.17) is 9.47 Å². The van der Waals surface area contributed by atoms with Crippen LogP contribution in [0.15, 0.2) is 0 Å². The van der Waals surface area contributed by atoms with E-state index in [0.29, 0.717) is 0 Å². The van der Waals surface area contributed by atoms with E-state index in [1.54, 1.807) is 27.7 Å². The average molecular weight is 319 g/mol. The third kappa shape index (κ3) is 3.50. The molecular weight excluding hydrogens is 296 g/mol. The highest BCUT2D eigenvalue weighted by Crippen LogP contribution is 2.66. The lowest BCUT2D eigenvalue weighted by atomic mass is 9.94. The van der Waals surface area contributed by atoms with Crippen LogP contribution >= 0.6 is 0 Å². The number of nitrogens with one attached hydrogen (secondary N) is 1. The van der Waals surface area contributed by atoms with Crippen LogP contribution in [0.2, 0.25) is 0 Å². The van der Waals surface area contributed by atoms with E-state index in [9.17, 15) is 18.4 Å². The Morgan fingerprint density at radius 1 is 1.27 bits per heavy atom. The summed E-state index contributed by atoms with van der Waals surface area (Å²) in [5.41, 5.74) is -0.700. The first-order valence-corrected chi connectivity index (χ1v) is 7.60. The van der Waals surface area contributed by atoms with Gasteiger partial charge in [-0.25, -0.2) is 18.4 Å². The third-order valence-corrected chi connectivity index (χ3v) is 4.16. The Hall–Kier alpha value is -1.40. The zero-order valence-corrected chi connectivity index (χ0v) is 13.3. The van der Waals surface area contributed by atoms with Crippen molar-refractivity contribution in [2.24, 2.45) is 17.8 Å². The van der Waals surface area contributed by atoms with Crippen molar-refractivity contribution in [3.05, 3.63) is 0 Å². The van der Waals surface area contributed by atoms with E-state index >= 15 is 0 Å². The summed E-state index contributed by atoms with van der Waals surface area (Å²) in [5, 5.41) is 2.49. The highest BCUT2D eigenvalue weighted by molar-refractivity contribution is 5.81. The predicted octanol–water partition coefficient (Wildman–Crippen LogP) is 2.73. The number of esters is 1. The van der Waals surface area contributed by atoms with Gasteiger partial charge in [0, 0.05) is 11.8 Å². The lowest BCUT2D eigenvalue weighted by Crippen LogP contribution is -2.48. The molecular formula is C15H23F2NO4. The summed E-state index contributed by atoms with van der Waals surface area (Å²) in [7, 11) is 0. The molecule has 0 spiro atoms. The van der Waals surface area contributed by atoms with Crippen LogP contribution in [-0.4, -0.2) is 36.2 Å². The summed E-state index contributed by atoms with van der Waals surface area (Å²) in [6, 6.07) is -0.932. The van der Waals surface area contributed by atoms with E-state index in [0.717, 1.165) is 0 Å². The molecule has 126 valence electrons. The lowest BCUT2D eigenvalue weighted by Gasteiger charge is -2.27. The van der Waals surface area contributed by atoms with Gasteiger partial charge in [-0.2, -0.15) is 0 Å². The minimum atomic E-state index is -2.61. The van der Waals surface area contributed by atoms with E-state index in [-0.39, 0.29) is 25.4 Å². The second kappa shape index (κ2) is 5.66. The number of alkyl carbamates (subject to hydrolysis) is 1. The van der Waals surface area contributed by atoms with Gasteiger partial charge in [-0.15, -0.1) is 0 Å². The van der Waals surface area contributed by atoms with E-state index in [1.165, 1.54) is 0 Å². The van der Waals surface area contributed by atoms with Crippen LogP contribution in [-0.2, 0) is 14.3 Å². The Morgan fingerprint density at radius 2 is 1.82 bits per heavy atom. The van der Waals surface area contributed by atoms with Crippen LogP contribution < -0.4 is 5.32 Å². The van der Waals surface area contributed by atoms with Crippen molar-refractivity contribution in [1.82, 2.24) is 5.32 Å². The minimum absolute atomic E-state index is 0.168. The van der Waals surface area contributed by atoms with Crippen LogP contribution in [0.4, 0.5) is 13.6 Å². The van der Waals surface area contributed by atoms with Gasteiger partial charge in [0.1, 0.15) is 11.6 Å². The maximum atomic E-state index is 13.3. The molecule has 1 amide bonds. The first-order valence-electron chi connectivity index (χ1n) is 7.60. The molecule has 3 atom stereocenters. The quantitative estimate of drug-likeness (QED) is 0.809. The van der Waals surface area contributed by atoms with E-state index in [1.807, 2.05) is 0 Å². The number of carbonyl (C=O) groups excluding carboxylic acids is 2. The molecule has 0 aromatic heterocycles. The Balaban J connectivity index is 1.99. The molecule has 2 saturated carbocycles. The lowest BCUT2D eigenvalue weighted by molar-refractivity contribution is -0.147. The molecule has 0 aliphatic heterocycles. The number of alkyl halides is 2. The molecule has 2 aliphatic carbocycles. The van der Waals surface area contributed by atoms with Crippen molar-refractivity contribution >= 4 is 12.1 Å². The summed E-state index contributed by atoms with van der Waals surface area (Å²) >= 11 is 0. The van der Waals surface area contributed by atoms with Crippen LogP contribution in [0.1, 0.15) is 40.5 Å². The number of rotatable bonds is 4. The van der Waals surface area contributed by atoms with Gasteiger partial charge in [0.15, 0.2) is 0 Å². The summed E-state index contributed by atoms with van der Waals surface area (Å²) < 4.78 is 36.7. The number of hydrogen-bond donors (Lipinski definition) is 1. The van der Waals surface area contributed by atoms with Gasteiger partial charge in [0.25, 0.3) is 5.92 Å². The molecule has 0 heterocycles. The molecule has 0 radical (unpaired) electrons. The highest BCUT2D eigenvalue weighted by Gasteiger charge is 2.72. The minimum Gasteiger partial charge on any atom is -0.464 e. The van der Waals surface area contributed by atoms with E-state index in [2.05, 4.69) is 5.32 Å². The highest BCUT2D eigenvalue weighted by atomic mass is 19.3. The van der Waals surface area contributed by atoms with Gasteiger partial charge >= 0.3 is 12.1 Å². The van der Waals surface area contributed by atoms with Gasteiger partial charge in [-0.1, -0.05) is 0 Å². The molecule has 0 bridgehead atoms. The molecule has 2 fully saturated rings. The fraction of sp³-hybridized carbons (Fsp3) is 0.867. The molecule has 0 aromatic carbocycles. The number of amides is 1. The number of carbonyl (C=O) groups is 2. The topological polar surface area (TPSA) is 64.6 Å². The zero-order chi connectivity index (χ0) is 16.7. The monoisotopic (exact) mass is 319 g/mol. The molecule has 2 aliphatic rings. The molecule has 0 aromatic rings. The fourth-order valence-corrected chi connectivity index (χ4v) is 3.16. The largest absolute Gasteiger partial charge is 0.464 e. The molecule has 22 heavy (non-hydrogen) atoms. The van der Waals surface area contributed by atoms with Crippen molar-refractivity contribution in [2.45, 2.75) is 58.1 Å². The van der Waals surface area contributed by atoms with Crippen LogP contribution in [0, 0.1) is 17.8 Å². The van der Waals surface area contributed by atoms with Crippen molar-refractivity contribution in [3.63, 3.8) is 0 Å². The predicted molar refractivity (Wildman–Crippen MR) is 74.4 cm³/mol. The number of ether oxygens (including phenoxy) is 2. The first-order chi connectivity index (χ1) is 10.1. The van der Waals surface area contributed by atoms with Crippen molar-refractivity contribution in [3.8, 4) is 0 Å². The molecule has 0 saturated heterocycles. The molecule has 3 unspecified atom stereocenters. The van der Waals surface area contributed by atoms with Crippen LogP contribution in [0.25, 0.3) is 0 Å². The summed E-state index contributed by atoms with van der Waals surface area (Å²) in [4.78, 5) is 23.9. The zero-order valence-electron chi connectivity index (χ0n) is 13.3. The van der Waals surface area contributed by atoms with Crippen molar-refractivity contribution < 1.29 is 27.8 Å². The maximum Gasteiger partial charge on any atom is 0.408 e.